The predicted molar refractivity (Wildman–Crippen MR) is 119 cm³/mol. The minimum atomic E-state index is -3.67. The number of aromatic nitrogens is 1. The lowest BCUT2D eigenvalue weighted by atomic mass is 10.2. The van der Waals surface area contributed by atoms with E-state index in [1.165, 1.54) is 11.4 Å². The number of fused-ring (bicyclic) bond motifs is 3. The summed E-state index contributed by atoms with van der Waals surface area (Å²) in [5.41, 5.74) is 2.04. The molecule has 150 valence electrons. The standard InChI is InChI=1S/C22H21BrN2O3S/c1-24(29(27,28)18-12-10-16(23)11-13-18)14-17(26)15-25-21-8-4-2-6-19(21)20-7-3-5-9-22(20)25/h2-13,17,26H,14-15H2,1H3. The largest absolute Gasteiger partial charge is 0.390 e. The van der Waals surface area contributed by atoms with Crippen LogP contribution in [-0.2, 0) is 16.6 Å². The van der Waals surface area contributed by atoms with Gasteiger partial charge in [0.15, 0.2) is 0 Å². The first kappa shape index (κ1) is 20.1. The lowest BCUT2D eigenvalue weighted by Gasteiger charge is -2.21. The first-order chi connectivity index (χ1) is 13.9. The van der Waals surface area contributed by atoms with E-state index < -0.39 is 16.1 Å². The number of hydrogen-bond acceptors (Lipinski definition) is 3. The lowest BCUT2D eigenvalue weighted by molar-refractivity contribution is 0.136. The van der Waals surface area contributed by atoms with Crippen molar-refractivity contribution in [2.24, 2.45) is 0 Å². The second kappa shape index (κ2) is 7.91. The van der Waals surface area contributed by atoms with E-state index in [9.17, 15) is 13.5 Å². The normalized spacial score (nSPS) is 13.4. The van der Waals surface area contributed by atoms with Crippen LogP contribution in [0.25, 0.3) is 21.8 Å². The maximum absolute atomic E-state index is 12.8. The van der Waals surface area contributed by atoms with Crippen molar-refractivity contribution in [1.82, 2.24) is 8.87 Å². The van der Waals surface area contributed by atoms with Crippen LogP contribution in [0, 0.1) is 0 Å². The molecule has 0 radical (unpaired) electrons. The summed E-state index contributed by atoms with van der Waals surface area (Å²) in [6, 6.07) is 22.6. The van der Waals surface area contributed by atoms with Crippen molar-refractivity contribution in [3.8, 4) is 0 Å². The maximum atomic E-state index is 12.8. The van der Waals surface area contributed by atoms with Crippen LogP contribution in [0.3, 0.4) is 0 Å². The molecule has 0 spiro atoms. The number of aliphatic hydroxyl groups excluding tert-OH is 1. The monoisotopic (exact) mass is 472 g/mol. The summed E-state index contributed by atoms with van der Waals surface area (Å²) in [4.78, 5) is 0.201. The van der Waals surface area contributed by atoms with Gasteiger partial charge >= 0.3 is 0 Å². The predicted octanol–water partition coefficient (Wildman–Crippen LogP) is 4.24. The maximum Gasteiger partial charge on any atom is 0.242 e. The Morgan fingerprint density at radius 1 is 0.931 bits per heavy atom. The number of rotatable bonds is 6. The van der Waals surface area contributed by atoms with Gasteiger partial charge in [-0.2, -0.15) is 4.31 Å². The van der Waals surface area contributed by atoms with E-state index in [0.717, 1.165) is 26.3 Å². The highest BCUT2D eigenvalue weighted by Crippen LogP contribution is 2.29. The molecule has 1 N–H and O–H groups in total. The Balaban J connectivity index is 1.60. The summed E-state index contributed by atoms with van der Waals surface area (Å²) >= 11 is 3.31. The number of nitrogens with zero attached hydrogens (tertiary/aromatic N) is 2. The molecule has 1 unspecified atom stereocenters. The lowest BCUT2D eigenvalue weighted by Crippen LogP contribution is -2.36. The summed E-state index contributed by atoms with van der Waals surface area (Å²) in [5, 5.41) is 13.0. The Bertz CT molecular complexity index is 1210. The average Bonchev–Trinajstić information content (AvgIpc) is 3.02. The highest BCUT2D eigenvalue weighted by molar-refractivity contribution is 9.10. The van der Waals surface area contributed by atoms with Crippen LogP contribution in [0.1, 0.15) is 0 Å². The summed E-state index contributed by atoms with van der Waals surface area (Å²) < 4.78 is 29.7. The minimum Gasteiger partial charge on any atom is -0.390 e. The second-order valence-electron chi connectivity index (χ2n) is 7.04. The fraction of sp³-hybridized carbons (Fsp3) is 0.182. The van der Waals surface area contributed by atoms with E-state index in [1.807, 2.05) is 36.4 Å². The van der Waals surface area contributed by atoms with Crippen LogP contribution in [0.15, 0.2) is 82.2 Å². The third kappa shape index (κ3) is 3.83. The number of sulfonamides is 1. The molecule has 0 saturated heterocycles. The van der Waals surface area contributed by atoms with Gasteiger partial charge in [-0.15, -0.1) is 0 Å². The summed E-state index contributed by atoms with van der Waals surface area (Å²) in [6.45, 7) is 0.299. The zero-order valence-corrected chi connectivity index (χ0v) is 18.3. The van der Waals surface area contributed by atoms with Crippen molar-refractivity contribution in [2.45, 2.75) is 17.5 Å². The molecule has 1 aromatic heterocycles. The summed E-state index contributed by atoms with van der Waals surface area (Å²) in [7, 11) is -2.18. The Morgan fingerprint density at radius 2 is 1.45 bits per heavy atom. The number of para-hydroxylation sites is 2. The van der Waals surface area contributed by atoms with E-state index >= 15 is 0 Å². The zero-order valence-electron chi connectivity index (χ0n) is 15.9. The van der Waals surface area contributed by atoms with Crippen LogP contribution in [0.4, 0.5) is 0 Å². The molecular weight excluding hydrogens is 452 g/mol. The van der Waals surface area contributed by atoms with E-state index in [2.05, 4.69) is 32.6 Å². The molecule has 0 aliphatic rings. The van der Waals surface area contributed by atoms with Gasteiger partial charge in [0, 0.05) is 39.9 Å². The molecule has 3 aromatic carbocycles. The van der Waals surface area contributed by atoms with Crippen molar-refractivity contribution in [3.05, 3.63) is 77.3 Å². The molecular formula is C22H21BrN2O3S. The molecule has 4 aromatic rings. The number of halogens is 1. The molecule has 0 saturated carbocycles. The topological polar surface area (TPSA) is 62.5 Å². The molecule has 0 bridgehead atoms. The van der Waals surface area contributed by atoms with E-state index in [0.29, 0.717) is 6.54 Å². The third-order valence-corrected chi connectivity index (χ3v) is 7.43. The van der Waals surface area contributed by atoms with Crippen LogP contribution >= 0.6 is 15.9 Å². The summed E-state index contributed by atoms with van der Waals surface area (Å²) in [5.74, 6) is 0. The van der Waals surface area contributed by atoms with Crippen molar-refractivity contribution in [3.63, 3.8) is 0 Å². The minimum absolute atomic E-state index is 0.000763. The Morgan fingerprint density at radius 3 is 2.00 bits per heavy atom. The molecule has 7 heteroatoms. The van der Waals surface area contributed by atoms with Crippen molar-refractivity contribution in [2.75, 3.05) is 13.6 Å². The first-order valence-electron chi connectivity index (χ1n) is 9.24. The van der Waals surface area contributed by atoms with Gasteiger partial charge in [-0.1, -0.05) is 52.3 Å². The van der Waals surface area contributed by atoms with Gasteiger partial charge in [-0.3, -0.25) is 0 Å². The second-order valence-corrected chi connectivity index (χ2v) is 10.00. The molecule has 1 heterocycles. The van der Waals surface area contributed by atoms with Crippen molar-refractivity contribution < 1.29 is 13.5 Å². The fourth-order valence-electron chi connectivity index (χ4n) is 3.65. The number of likely N-dealkylation sites (N-methyl/N-ethyl adjacent to an activating group) is 1. The zero-order chi connectivity index (χ0) is 20.6. The fourth-order valence-corrected chi connectivity index (χ4v) is 5.12. The Labute approximate surface area is 178 Å². The van der Waals surface area contributed by atoms with Gasteiger partial charge in [0.05, 0.1) is 17.5 Å². The SMILES string of the molecule is CN(CC(O)Cn1c2ccccc2c2ccccc21)S(=O)(=O)c1ccc(Br)cc1. The smallest absolute Gasteiger partial charge is 0.242 e. The number of hydrogen-bond donors (Lipinski definition) is 1. The molecule has 0 aliphatic carbocycles. The van der Waals surface area contributed by atoms with Crippen LogP contribution in [-0.4, -0.2) is 42.1 Å². The quantitative estimate of drug-likeness (QED) is 0.456. The Hall–Kier alpha value is -2.19. The van der Waals surface area contributed by atoms with Crippen LogP contribution in [0.2, 0.25) is 0 Å². The van der Waals surface area contributed by atoms with Gasteiger partial charge < -0.3 is 9.67 Å². The highest BCUT2D eigenvalue weighted by atomic mass is 79.9. The van der Waals surface area contributed by atoms with E-state index in [-0.39, 0.29) is 11.4 Å². The number of benzene rings is 3. The van der Waals surface area contributed by atoms with Gasteiger partial charge in [0.1, 0.15) is 0 Å². The van der Waals surface area contributed by atoms with Crippen molar-refractivity contribution in [1.29, 1.82) is 0 Å². The Kier molecular flexibility index (Phi) is 5.48. The molecule has 29 heavy (non-hydrogen) atoms. The highest BCUT2D eigenvalue weighted by Gasteiger charge is 2.24. The first-order valence-corrected chi connectivity index (χ1v) is 11.5. The van der Waals surface area contributed by atoms with E-state index in [1.54, 1.807) is 24.3 Å². The van der Waals surface area contributed by atoms with E-state index in [4.69, 9.17) is 0 Å². The summed E-state index contributed by atoms with van der Waals surface area (Å²) in [6.07, 6.45) is -0.857. The molecule has 0 fully saturated rings. The molecule has 5 nitrogen and oxygen atoms in total. The molecule has 0 aliphatic heterocycles. The van der Waals surface area contributed by atoms with Gasteiger partial charge in [0.2, 0.25) is 10.0 Å². The van der Waals surface area contributed by atoms with Crippen LogP contribution in [0.5, 0.6) is 0 Å². The molecule has 0 amide bonds. The van der Waals surface area contributed by atoms with Gasteiger partial charge in [-0.25, -0.2) is 8.42 Å². The number of aliphatic hydroxyl groups is 1. The van der Waals surface area contributed by atoms with Gasteiger partial charge in [-0.05, 0) is 36.4 Å². The van der Waals surface area contributed by atoms with Crippen molar-refractivity contribution >= 4 is 47.8 Å². The molecule has 1 atom stereocenters. The van der Waals surface area contributed by atoms with Gasteiger partial charge in [0.25, 0.3) is 0 Å². The third-order valence-electron chi connectivity index (χ3n) is 5.06. The van der Waals surface area contributed by atoms with Crippen LogP contribution < -0.4 is 0 Å². The average molecular weight is 473 g/mol. The molecule has 4 rings (SSSR count).